The smallest absolute Gasteiger partial charge is 0.249 e. The predicted molar refractivity (Wildman–Crippen MR) is 62.4 cm³/mol. The highest BCUT2D eigenvalue weighted by Gasteiger charge is 2.33. The number of aliphatic hydroxyl groups excluding tert-OH is 1. The number of allylic oxidation sites excluding steroid dienone is 6. The van der Waals surface area contributed by atoms with Crippen LogP contribution < -0.4 is 5.73 Å². The Balaban J connectivity index is 2.60. The molecule has 3 heteroatoms. The van der Waals surface area contributed by atoms with E-state index in [-0.39, 0.29) is 12.0 Å². The van der Waals surface area contributed by atoms with Gasteiger partial charge in [0.1, 0.15) is 0 Å². The van der Waals surface area contributed by atoms with E-state index >= 15 is 0 Å². The third-order valence-corrected chi connectivity index (χ3v) is 3.23. The van der Waals surface area contributed by atoms with Gasteiger partial charge >= 0.3 is 0 Å². The summed E-state index contributed by atoms with van der Waals surface area (Å²) in [5, 5.41) is 9.23. The zero-order valence-corrected chi connectivity index (χ0v) is 9.23. The molecule has 84 valence electrons. The molecule has 0 saturated carbocycles. The first-order chi connectivity index (χ1) is 7.58. The molecule has 0 fully saturated rings. The van der Waals surface area contributed by atoms with Gasteiger partial charge in [-0.1, -0.05) is 37.3 Å². The molecule has 0 heterocycles. The average molecular weight is 217 g/mol. The van der Waals surface area contributed by atoms with Gasteiger partial charge in [0.25, 0.3) is 0 Å². The van der Waals surface area contributed by atoms with Crippen LogP contribution in [0.25, 0.3) is 0 Å². The van der Waals surface area contributed by atoms with E-state index < -0.39 is 5.91 Å². The van der Waals surface area contributed by atoms with Crippen molar-refractivity contribution < 1.29 is 9.90 Å². The van der Waals surface area contributed by atoms with Gasteiger partial charge in [0.05, 0.1) is 6.61 Å². The van der Waals surface area contributed by atoms with Crippen molar-refractivity contribution in [1.82, 2.24) is 0 Å². The molecular weight excluding hydrogens is 202 g/mol. The van der Waals surface area contributed by atoms with Crippen LogP contribution in [-0.4, -0.2) is 17.6 Å². The zero-order chi connectivity index (χ0) is 11.8. The van der Waals surface area contributed by atoms with E-state index in [9.17, 15) is 9.90 Å². The van der Waals surface area contributed by atoms with Crippen LogP contribution in [0.15, 0.2) is 47.1 Å². The SMILES string of the molecule is CC12C=CC=CC1=C(C(N)=O)C(CO)=CC2. The lowest BCUT2D eigenvalue weighted by Gasteiger charge is -2.34. The molecule has 3 nitrogen and oxygen atoms in total. The first-order valence-corrected chi connectivity index (χ1v) is 5.29. The monoisotopic (exact) mass is 217 g/mol. The summed E-state index contributed by atoms with van der Waals surface area (Å²) in [7, 11) is 0. The van der Waals surface area contributed by atoms with Gasteiger partial charge in [0, 0.05) is 11.0 Å². The average Bonchev–Trinajstić information content (AvgIpc) is 2.26. The van der Waals surface area contributed by atoms with Crippen molar-refractivity contribution in [2.45, 2.75) is 13.3 Å². The Morgan fingerprint density at radius 3 is 2.94 bits per heavy atom. The fraction of sp³-hybridized carbons (Fsp3) is 0.308. The van der Waals surface area contributed by atoms with Gasteiger partial charge in [-0.3, -0.25) is 4.79 Å². The Labute approximate surface area is 94.6 Å². The summed E-state index contributed by atoms with van der Waals surface area (Å²) in [5.41, 5.74) is 7.24. The summed E-state index contributed by atoms with van der Waals surface area (Å²) < 4.78 is 0. The van der Waals surface area contributed by atoms with Crippen molar-refractivity contribution in [3.8, 4) is 0 Å². The molecule has 2 rings (SSSR count). The maximum absolute atomic E-state index is 11.5. The lowest BCUT2D eigenvalue weighted by Crippen LogP contribution is -2.29. The predicted octanol–water partition coefficient (Wildman–Crippen LogP) is 1.22. The molecule has 1 amide bonds. The summed E-state index contributed by atoms with van der Waals surface area (Å²) in [5.74, 6) is -0.471. The second-order valence-corrected chi connectivity index (χ2v) is 4.38. The van der Waals surface area contributed by atoms with E-state index in [1.165, 1.54) is 0 Å². The van der Waals surface area contributed by atoms with Gasteiger partial charge < -0.3 is 10.8 Å². The molecule has 0 bridgehead atoms. The number of hydrogen-bond acceptors (Lipinski definition) is 2. The number of carbonyl (C=O) groups excluding carboxylic acids is 1. The van der Waals surface area contributed by atoms with Gasteiger partial charge in [-0.05, 0) is 17.6 Å². The summed E-state index contributed by atoms with van der Waals surface area (Å²) in [6.07, 6.45) is 10.5. The molecule has 0 radical (unpaired) electrons. The quantitative estimate of drug-likeness (QED) is 0.730. The van der Waals surface area contributed by atoms with Crippen molar-refractivity contribution in [3.63, 3.8) is 0 Å². The molecule has 2 aliphatic carbocycles. The number of primary amides is 1. The molecule has 1 atom stereocenters. The first kappa shape index (κ1) is 10.9. The summed E-state index contributed by atoms with van der Waals surface area (Å²) in [6, 6.07) is 0. The van der Waals surface area contributed by atoms with Crippen LogP contribution in [0, 0.1) is 5.41 Å². The zero-order valence-electron chi connectivity index (χ0n) is 9.23. The van der Waals surface area contributed by atoms with Gasteiger partial charge in [0.2, 0.25) is 5.91 Å². The minimum Gasteiger partial charge on any atom is -0.392 e. The van der Waals surface area contributed by atoms with E-state index in [0.29, 0.717) is 11.1 Å². The van der Waals surface area contributed by atoms with Gasteiger partial charge in [-0.15, -0.1) is 0 Å². The number of fused-ring (bicyclic) bond motifs is 1. The third kappa shape index (κ3) is 1.53. The van der Waals surface area contributed by atoms with Crippen molar-refractivity contribution >= 4 is 5.91 Å². The molecule has 1 unspecified atom stereocenters. The number of hydrogen-bond donors (Lipinski definition) is 2. The van der Waals surface area contributed by atoms with Gasteiger partial charge in [-0.25, -0.2) is 0 Å². The minimum absolute atomic E-state index is 0.143. The first-order valence-electron chi connectivity index (χ1n) is 5.29. The van der Waals surface area contributed by atoms with Crippen LogP contribution in [0.4, 0.5) is 0 Å². The van der Waals surface area contributed by atoms with E-state index in [1.807, 2.05) is 24.3 Å². The molecule has 2 aliphatic rings. The summed E-state index contributed by atoms with van der Waals surface area (Å²) in [6.45, 7) is 1.92. The highest BCUT2D eigenvalue weighted by molar-refractivity contribution is 5.98. The topological polar surface area (TPSA) is 63.3 Å². The van der Waals surface area contributed by atoms with Crippen LogP contribution in [0.3, 0.4) is 0 Å². The van der Waals surface area contributed by atoms with E-state index in [0.717, 1.165) is 12.0 Å². The summed E-state index contributed by atoms with van der Waals surface area (Å²) in [4.78, 5) is 11.5. The van der Waals surface area contributed by atoms with E-state index in [4.69, 9.17) is 5.73 Å². The second-order valence-electron chi connectivity index (χ2n) is 4.38. The Kier molecular flexibility index (Phi) is 2.56. The number of amides is 1. The molecule has 0 spiro atoms. The van der Waals surface area contributed by atoms with E-state index in [2.05, 4.69) is 13.0 Å². The fourth-order valence-corrected chi connectivity index (χ4v) is 2.29. The van der Waals surface area contributed by atoms with Crippen LogP contribution in [0.2, 0.25) is 0 Å². The normalized spacial score (nSPS) is 27.8. The van der Waals surface area contributed by atoms with Crippen LogP contribution in [-0.2, 0) is 4.79 Å². The van der Waals surface area contributed by atoms with Gasteiger partial charge in [0.15, 0.2) is 0 Å². The molecule has 0 aromatic heterocycles. The fourth-order valence-electron chi connectivity index (χ4n) is 2.29. The minimum atomic E-state index is -0.471. The number of rotatable bonds is 2. The highest BCUT2D eigenvalue weighted by atomic mass is 16.3. The van der Waals surface area contributed by atoms with Crippen LogP contribution >= 0.6 is 0 Å². The lowest BCUT2D eigenvalue weighted by molar-refractivity contribution is -0.114. The van der Waals surface area contributed by atoms with Crippen molar-refractivity contribution in [2.75, 3.05) is 6.61 Å². The van der Waals surface area contributed by atoms with Gasteiger partial charge in [-0.2, -0.15) is 0 Å². The Hall–Kier alpha value is -1.61. The maximum atomic E-state index is 11.5. The van der Waals surface area contributed by atoms with Crippen molar-refractivity contribution in [2.24, 2.45) is 11.1 Å². The van der Waals surface area contributed by atoms with Crippen molar-refractivity contribution in [3.05, 3.63) is 47.1 Å². The molecule has 16 heavy (non-hydrogen) atoms. The number of carbonyl (C=O) groups is 1. The standard InChI is InChI=1S/C13H15NO2/c1-13-6-3-2-4-10(13)11(12(14)16)9(8-15)5-7-13/h2-6,15H,7-8H2,1H3,(H2,14,16). The molecular formula is C13H15NO2. The molecule has 0 saturated heterocycles. The molecule has 3 N–H and O–H groups in total. The van der Waals surface area contributed by atoms with Crippen LogP contribution in [0.5, 0.6) is 0 Å². The lowest BCUT2D eigenvalue weighted by atomic mass is 9.70. The third-order valence-electron chi connectivity index (χ3n) is 3.23. The van der Waals surface area contributed by atoms with E-state index in [1.54, 1.807) is 0 Å². The Bertz CT molecular complexity index is 455. The Morgan fingerprint density at radius 2 is 2.31 bits per heavy atom. The molecule has 0 aromatic rings. The summed E-state index contributed by atoms with van der Waals surface area (Å²) >= 11 is 0. The molecule has 0 aromatic carbocycles. The largest absolute Gasteiger partial charge is 0.392 e. The van der Waals surface area contributed by atoms with Crippen LogP contribution in [0.1, 0.15) is 13.3 Å². The highest BCUT2D eigenvalue weighted by Crippen LogP contribution is 2.43. The second kappa shape index (κ2) is 3.76. The number of aliphatic hydroxyl groups is 1. The Morgan fingerprint density at radius 1 is 1.56 bits per heavy atom. The maximum Gasteiger partial charge on any atom is 0.249 e. The number of nitrogens with two attached hydrogens (primary N) is 1. The molecule has 0 aliphatic heterocycles. The van der Waals surface area contributed by atoms with Crippen molar-refractivity contribution in [1.29, 1.82) is 0 Å².